The number of rotatable bonds is 6. The van der Waals surface area contributed by atoms with Crippen molar-refractivity contribution >= 4 is 27.5 Å². The summed E-state index contributed by atoms with van der Waals surface area (Å²) in [6.45, 7) is 8.62. The van der Waals surface area contributed by atoms with E-state index in [9.17, 15) is 13.2 Å². The second-order valence-corrected chi connectivity index (χ2v) is 9.63. The SMILES string of the molecule is CCN(CC)S(=O)(=O)N1CCN(CC(=O)N2CCc3sccc3C2)CC1. The van der Waals surface area contributed by atoms with Crippen LogP contribution in [-0.2, 0) is 28.0 Å². The molecule has 7 nitrogen and oxygen atoms in total. The maximum atomic E-state index is 12.6. The van der Waals surface area contributed by atoms with Gasteiger partial charge in [0.2, 0.25) is 5.91 Å². The number of fused-ring (bicyclic) bond motifs is 1. The molecule has 0 atom stereocenters. The summed E-state index contributed by atoms with van der Waals surface area (Å²) >= 11 is 1.77. The van der Waals surface area contributed by atoms with Crippen molar-refractivity contribution in [2.45, 2.75) is 26.8 Å². The highest BCUT2D eigenvalue weighted by molar-refractivity contribution is 7.86. The van der Waals surface area contributed by atoms with Crippen molar-refractivity contribution in [2.75, 3.05) is 52.4 Å². The van der Waals surface area contributed by atoms with Crippen LogP contribution in [0.1, 0.15) is 24.3 Å². The molecule has 26 heavy (non-hydrogen) atoms. The van der Waals surface area contributed by atoms with Crippen LogP contribution in [-0.4, -0.2) is 85.1 Å². The second-order valence-electron chi connectivity index (χ2n) is 6.70. The lowest BCUT2D eigenvalue weighted by Gasteiger charge is -2.37. The summed E-state index contributed by atoms with van der Waals surface area (Å²) < 4.78 is 28.2. The van der Waals surface area contributed by atoms with E-state index in [1.807, 2.05) is 18.7 Å². The van der Waals surface area contributed by atoms with Crippen molar-refractivity contribution in [2.24, 2.45) is 0 Å². The van der Waals surface area contributed by atoms with E-state index >= 15 is 0 Å². The van der Waals surface area contributed by atoms with Crippen LogP contribution in [0.25, 0.3) is 0 Å². The highest BCUT2D eigenvalue weighted by atomic mass is 32.2. The first kappa shape index (κ1) is 19.8. The number of carbonyl (C=O) groups is 1. The molecular weight excluding hydrogens is 372 g/mol. The summed E-state index contributed by atoms with van der Waals surface area (Å²) in [5, 5.41) is 2.09. The molecule has 0 aliphatic carbocycles. The largest absolute Gasteiger partial charge is 0.337 e. The number of amides is 1. The van der Waals surface area contributed by atoms with E-state index < -0.39 is 10.2 Å². The summed E-state index contributed by atoms with van der Waals surface area (Å²) in [4.78, 5) is 18.0. The molecular formula is C17H28N4O3S2. The molecule has 146 valence electrons. The molecule has 9 heteroatoms. The smallest absolute Gasteiger partial charge is 0.282 e. The molecule has 0 aromatic carbocycles. The minimum absolute atomic E-state index is 0.141. The van der Waals surface area contributed by atoms with Gasteiger partial charge in [-0.3, -0.25) is 9.69 Å². The van der Waals surface area contributed by atoms with Gasteiger partial charge in [-0.05, 0) is 23.4 Å². The second kappa shape index (κ2) is 8.35. The molecule has 1 aromatic heterocycles. The van der Waals surface area contributed by atoms with Gasteiger partial charge in [0, 0.05) is 57.2 Å². The van der Waals surface area contributed by atoms with Crippen LogP contribution in [0.5, 0.6) is 0 Å². The number of piperazine rings is 1. The Morgan fingerprint density at radius 1 is 1.15 bits per heavy atom. The van der Waals surface area contributed by atoms with Crippen molar-refractivity contribution in [1.29, 1.82) is 0 Å². The number of carbonyl (C=O) groups excluding carboxylic acids is 1. The predicted octanol–water partition coefficient (Wildman–Crippen LogP) is 0.837. The molecule has 1 fully saturated rings. The van der Waals surface area contributed by atoms with E-state index in [0.717, 1.165) is 13.0 Å². The highest BCUT2D eigenvalue weighted by Gasteiger charge is 2.32. The average Bonchev–Trinajstić information content (AvgIpc) is 3.10. The molecule has 1 aromatic rings. The normalized spacial score (nSPS) is 19.7. The van der Waals surface area contributed by atoms with Gasteiger partial charge >= 0.3 is 0 Å². The summed E-state index contributed by atoms with van der Waals surface area (Å²) in [5.74, 6) is 0.141. The fourth-order valence-corrected chi connectivity index (χ4v) is 6.08. The third-order valence-corrected chi connectivity index (χ3v) is 8.42. The number of hydrogen-bond acceptors (Lipinski definition) is 5. The first-order valence-electron chi connectivity index (χ1n) is 9.26. The van der Waals surface area contributed by atoms with Gasteiger partial charge in [0.1, 0.15) is 0 Å². The van der Waals surface area contributed by atoms with E-state index in [0.29, 0.717) is 52.4 Å². The molecule has 0 bridgehead atoms. The molecule has 2 aliphatic rings. The van der Waals surface area contributed by atoms with Crippen LogP contribution >= 0.6 is 11.3 Å². The van der Waals surface area contributed by atoms with Crippen LogP contribution in [0.15, 0.2) is 11.4 Å². The van der Waals surface area contributed by atoms with E-state index in [4.69, 9.17) is 0 Å². The third kappa shape index (κ3) is 4.12. The van der Waals surface area contributed by atoms with Crippen molar-refractivity contribution in [1.82, 2.24) is 18.4 Å². The van der Waals surface area contributed by atoms with Gasteiger partial charge in [0.15, 0.2) is 0 Å². The van der Waals surface area contributed by atoms with Crippen molar-refractivity contribution in [3.8, 4) is 0 Å². The van der Waals surface area contributed by atoms with Gasteiger partial charge in [-0.15, -0.1) is 11.3 Å². The Hall–Kier alpha value is -1.00. The first-order chi connectivity index (χ1) is 12.5. The van der Waals surface area contributed by atoms with Crippen LogP contribution in [0.3, 0.4) is 0 Å². The summed E-state index contributed by atoms with van der Waals surface area (Å²) in [5.41, 5.74) is 1.27. The molecule has 1 amide bonds. The van der Waals surface area contributed by atoms with Gasteiger partial charge in [0.05, 0.1) is 6.54 Å². The summed E-state index contributed by atoms with van der Waals surface area (Å²) in [7, 11) is -3.38. The topological polar surface area (TPSA) is 64.2 Å². The van der Waals surface area contributed by atoms with E-state index in [2.05, 4.69) is 16.3 Å². The molecule has 0 radical (unpaired) electrons. The Labute approximate surface area is 160 Å². The molecule has 0 N–H and O–H groups in total. The lowest BCUT2D eigenvalue weighted by Crippen LogP contribution is -2.54. The summed E-state index contributed by atoms with van der Waals surface area (Å²) in [6.07, 6.45) is 0.939. The molecule has 2 aliphatic heterocycles. The van der Waals surface area contributed by atoms with Crippen molar-refractivity contribution in [3.63, 3.8) is 0 Å². The van der Waals surface area contributed by atoms with E-state index in [-0.39, 0.29) is 5.91 Å². The Bertz CT molecular complexity index is 722. The summed E-state index contributed by atoms with van der Waals surface area (Å²) in [6, 6.07) is 2.11. The fourth-order valence-electron chi connectivity index (χ4n) is 3.58. The lowest BCUT2D eigenvalue weighted by atomic mass is 10.1. The molecule has 3 heterocycles. The molecule has 1 saturated heterocycles. The number of thiophene rings is 1. The van der Waals surface area contributed by atoms with Gasteiger partial charge < -0.3 is 4.90 Å². The number of hydrogen-bond donors (Lipinski definition) is 0. The highest BCUT2D eigenvalue weighted by Crippen LogP contribution is 2.24. The van der Waals surface area contributed by atoms with Gasteiger partial charge in [0.25, 0.3) is 10.2 Å². The van der Waals surface area contributed by atoms with Crippen LogP contribution in [0.4, 0.5) is 0 Å². The van der Waals surface area contributed by atoms with Crippen LogP contribution in [0, 0.1) is 0 Å². The maximum absolute atomic E-state index is 12.6. The quantitative estimate of drug-likeness (QED) is 0.710. The van der Waals surface area contributed by atoms with Gasteiger partial charge in [-0.25, -0.2) is 0 Å². The standard InChI is InChI=1S/C17H28N4O3S2/c1-3-20(4-2)26(23,24)21-10-8-18(9-11-21)14-17(22)19-7-5-16-15(13-19)6-12-25-16/h6,12H,3-5,7-11,13-14H2,1-2H3. The predicted molar refractivity (Wildman–Crippen MR) is 103 cm³/mol. The zero-order valence-corrected chi connectivity index (χ0v) is 17.2. The Kier molecular flexibility index (Phi) is 6.34. The minimum Gasteiger partial charge on any atom is -0.337 e. The van der Waals surface area contributed by atoms with Crippen LogP contribution < -0.4 is 0 Å². The minimum atomic E-state index is -3.38. The monoisotopic (exact) mass is 400 g/mol. The van der Waals surface area contributed by atoms with E-state index in [1.54, 1.807) is 15.6 Å². The van der Waals surface area contributed by atoms with Crippen molar-refractivity contribution in [3.05, 3.63) is 21.9 Å². The third-order valence-electron chi connectivity index (χ3n) is 5.21. The average molecular weight is 401 g/mol. The van der Waals surface area contributed by atoms with E-state index in [1.165, 1.54) is 14.7 Å². The molecule has 0 spiro atoms. The maximum Gasteiger partial charge on any atom is 0.282 e. The Balaban J connectivity index is 1.51. The lowest BCUT2D eigenvalue weighted by molar-refractivity contribution is -0.133. The number of nitrogens with zero attached hydrogens (tertiary/aromatic N) is 4. The molecule has 0 saturated carbocycles. The zero-order chi connectivity index (χ0) is 18.7. The van der Waals surface area contributed by atoms with Crippen LogP contribution in [0.2, 0.25) is 0 Å². The molecule has 0 unspecified atom stereocenters. The van der Waals surface area contributed by atoms with Crippen molar-refractivity contribution < 1.29 is 13.2 Å². The van der Waals surface area contributed by atoms with Gasteiger partial charge in [-0.1, -0.05) is 13.8 Å². The zero-order valence-electron chi connectivity index (χ0n) is 15.6. The first-order valence-corrected chi connectivity index (χ1v) is 11.5. The molecule has 3 rings (SSSR count). The Morgan fingerprint density at radius 3 is 2.50 bits per heavy atom. The fraction of sp³-hybridized carbons (Fsp3) is 0.706. The Morgan fingerprint density at radius 2 is 1.85 bits per heavy atom. The van der Waals surface area contributed by atoms with Gasteiger partial charge in [-0.2, -0.15) is 17.0 Å².